The van der Waals surface area contributed by atoms with Crippen LogP contribution in [0.1, 0.15) is 31.8 Å². The molecule has 33 heavy (non-hydrogen) atoms. The van der Waals surface area contributed by atoms with Crippen molar-refractivity contribution in [3.8, 4) is 5.75 Å². The standard InChI is InChI=1S/C23H22ClN3O5S/c1-14-8-10-17(15(2)12-14)23(29)26-25-22(28)16-9-11-18(24)21(13-16)33(30,31)27-19-6-4-5-7-20(19)32-3/h4-13,27H,1-3H3,(H,25,28)(H,26,29). The molecule has 0 unspecified atom stereocenters. The fourth-order valence-electron chi connectivity index (χ4n) is 3.10. The summed E-state index contributed by atoms with van der Waals surface area (Å²) in [6.45, 7) is 3.69. The first-order valence-corrected chi connectivity index (χ1v) is 11.6. The Hall–Kier alpha value is -3.56. The number of carbonyl (C=O) groups is 2. The molecular weight excluding hydrogens is 466 g/mol. The smallest absolute Gasteiger partial charge is 0.269 e. The summed E-state index contributed by atoms with van der Waals surface area (Å²) in [6.07, 6.45) is 0. The number of sulfonamides is 1. The Labute approximate surface area is 196 Å². The number of benzene rings is 3. The van der Waals surface area contributed by atoms with Gasteiger partial charge in [0, 0.05) is 11.1 Å². The molecular formula is C23H22ClN3O5S. The van der Waals surface area contributed by atoms with Crippen molar-refractivity contribution in [1.29, 1.82) is 0 Å². The van der Waals surface area contributed by atoms with E-state index in [1.54, 1.807) is 37.3 Å². The van der Waals surface area contributed by atoms with E-state index < -0.39 is 21.8 Å². The zero-order chi connectivity index (χ0) is 24.2. The van der Waals surface area contributed by atoms with Crippen LogP contribution in [0, 0.1) is 13.8 Å². The molecule has 0 saturated carbocycles. The van der Waals surface area contributed by atoms with E-state index in [0.717, 1.165) is 17.2 Å². The summed E-state index contributed by atoms with van der Waals surface area (Å²) in [5.41, 5.74) is 6.98. The molecule has 8 nitrogen and oxygen atoms in total. The van der Waals surface area contributed by atoms with E-state index in [9.17, 15) is 18.0 Å². The molecule has 3 rings (SSSR count). The van der Waals surface area contributed by atoms with Crippen LogP contribution >= 0.6 is 11.6 Å². The van der Waals surface area contributed by atoms with Gasteiger partial charge in [0.1, 0.15) is 10.6 Å². The number of hydrogen-bond acceptors (Lipinski definition) is 5. The molecule has 0 bridgehead atoms. The van der Waals surface area contributed by atoms with Gasteiger partial charge in [0.15, 0.2) is 0 Å². The van der Waals surface area contributed by atoms with E-state index in [-0.39, 0.29) is 21.2 Å². The highest BCUT2D eigenvalue weighted by molar-refractivity contribution is 7.92. The van der Waals surface area contributed by atoms with Gasteiger partial charge < -0.3 is 4.74 Å². The molecule has 0 aromatic heterocycles. The highest BCUT2D eigenvalue weighted by Gasteiger charge is 2.22. The maximum absolute atomic E-state index is 12.9. The lowest BCUT2D eigenvalue weighted by atomic mass is 10.1. The van der Waals surface area contributed by atoms with Crippen LogP contribution in [-0.4, -0.2) is 27.3 Å². The zero-order valence-corrected chi connectivity index (χ0v) is 19.7. The van der Waals surface area contributed by atoms with Crippen molar-refractivity contribution in [2.45, 2.75) is 18.7 Å². The maximum atomic E-state index is 12.9. The van der Waals surface area contributed by atoms with Crippen LogP contribution < -0.4 is 20.3 Å². The minimum Gasteiger partial charge on any atom is -0.495 e. The number of hydrogen-bond donors (Lipinski definition) is 3. The van der Waals surface area contributed by atoms with Gasteiger partial charge in [0.25, 0.3) is 21.8 Å². The molecule has 0 aliphatic rings. The maximum Gasteiger partial charge on any atom is 0.269 e. The summed E-state index contributed by atoms with van der Waals surface area (Å²) in [4.78, 5) is 24.7. The molecule has 172 valence electrons. The van der Waals surface area contributed by atoms with Crippen LogP contribution in [0.25, 0.3) is 0 Å². The molecule has 0 aliphatic heterocycles. The Morgan fingerprint density at radius 1 is 0.909 bits per heavy atom. The van der Waals surface area contributed by atoms with E-state index in [1.165, 1.54) is 25.3 Å². The summed E-state index contributed by atoms with van der Waals surface area (Å²) < 4.78 is 33.4. The van der Waals surface area contributed by atoms with Crippen molar-refractivity contribution >= 4 is 39.1 Å². The van der Waals surface area contributed by atoms with Crippen LogP contribution in [-0.2, 0) is 10.0 Å². The number of amides is 2. The Morgan fingerprint density at radius 3 is 2.30 bits per heavy atom. The fourth-order valence-corrected chi connectivity index (χ4v) is 4.70. The summed E-state index contributed by atoms with van der Waals surface area (Å²) in [7, 11) is -2.73. The number of para-hydroxylation sites is 2. The van der Waals surface area contributed by atoms with Crippen molar-refractivity contribution in [3.05, 3.63) is 87.9 Å². The van der Waals surface area contributed by atoms with E-state index in [4.69, 9.17) is 16.3 Å². The van der Waals surface area contributed by atoms with Gasteiger partial charge in [-0.3, -0.25) is 25.2 Å². The van der Waals surface area contributed by atoms with E-state index in [2.05, 4.69) is 15.6 Å². The van der Waals surface area contributed by atoms with Gasteiger partial charge in [-0.05, 0) is 55.8 Å². The molecule has 0 aliphatic carbocycles. The van der Waals surface area contributed by atoms with Gasteiger partial charge in [0.05, 0.1) is 17.8 Å². The van der Waals surface area contributed by atoms with Gasteiger partial charge in [-0.1, -0.05) is 41.4 Å². The molecule has 0 fully saturated rings. The van der Waals surface area contributed by atoms with Gasteiger partial charge in [-0.15, -0.1) is 0 Å². The molecule has 3 aromatic rings. The second-order valence-corrected chi connectivity index (χ2v) is 9.24. The second kappa shape index (κ2) is 9.93. The Morgan fingerprint density at radius 2 is 1.61 bits per heavy atom. The number of methoxy groups -OCH3 is 1. The van der Waals surface area contributed by atoms with Crippen LogP contribution in [0.3, 0.4) is 0 Å². The number of ether oxygens (including phenoxy) is 1. The minimum absolute atomic E-state index is 0.0132. The zero-order valence-electron chi connectivity index (χ0n) is 18.1. The molecule has 0 spiro atoms. The Balaban J connectivity index is 1.78. The first kappa shape index (κ1) is 24.1. The average Bonchev–Trinajstić information content (AvgIpc) is 2.77. The normalized spacial score (nSPS) is 10.9. The first-order chi connectivity index (χ1) is 15.6. The predicted molar refractivity (Wildman–Crippen MR) is 126 cm³/mol. The summed E-state index contributed by atoms with van der Waals surface area (Å²) in [6, 6.07) is 15.5. The number of nitrogens with one attached hydrogen (secondary N) is 3. The largest absolute Gasteiger partial charge is 0.495 e. The topological polar surface area (TPSA) is 114 Å². The number of aryl methyl sites for hydroxylation is 2. The summed E-state index contributed by atoms with van der Waals surface area (Å²) in [5.74, 6) is -0.890. The summed E-state index contributed by atoms with van der Waals surface area (Å²) >= 11 is 6.11. The van der Waals surface area contributed by atoms with Crippen LogP contribution in [0.4, 0.5) is 5.69 Å². The fraction of sp³-hybridized carbons (Fsp3) is 0.130. The van der Waals surface area contributed by atoms with Crippen molar-refractivity contribution in [3.63, 3.8) is 0 Å². The SMILES string of the molecule is COc1ccccc1NS(=O)(=O)c1cc(C(=O)NNC(=O)c2ccc(C)cc2C)ccc1Cl. The third kappa shape index (κ3) is 5.63. The van der Waals surface area contributed by atoms with Gasteiger partial charge in [0.2, 0.25) is 0 Å². The number of carbonyl (C=O) groups excluding carboxylic acids is 2. The van der Waals surface area contributed by atoms with Gasteiger partial charge >= 0.3 is 0 Å². The molecule has 0 atom stereocenters. The van der Waals surface area contributed by atoms with Crippen LogP contribution in [0.5, 0.6) is 5.75 Å². The first-order valence-electron chi connectivity index (χ1n) is 9.75. The monoisotopic (exact) mass is 487 g/mol. The number of hydrazine groups is 1. The van der Waals surface area contributed by atoms with Crippen LogP contribution in [0.15, 0.2) is 65.6 Å². The number of halogens is 1. The van der Waals surface area contributed by atoms with E-state index in [1.807, 2.05) is 13.0 Å². The highest BCUT2D eigenvalue weighted by atomic mass is 35.5. The third-order valence-electron chi connectivity index (χ3n) is 4.75. The van der Waals surface area contributed by atoms with Gasteiger partial charge in [-0.25, -0.2) is 8.42 Å². The van der Waals surface area contributed by atoms with Gasteiger partial charge in [-0.2, -0.15) is 0 Å². The Bertz CT molecular complexity index is 1330. The molecule has 10 heteroatoms. The lowest BCUT2D eigenvalue weighted by molar-refractivity contribution is 0.0846. The average molecular weight is 488 g/mol. The highest BCUT2D eigenvalue weighted by Crippen LogP contribution is 2.29. The molecule has 3 aromatic carbocycles. The van der Waals surface area contributed by atoms with Crippen molar-refractivity contribution in [2.24, 2.45) is 0 Å². The molecule has 0 saturated heterocycles. The van der Waals surface area contributed by atoms with Crippen molar-refractivity contribution in [2.75, 3.05) is 11.8 Å². The molecule has 0 heterocycles. The Kier molecular flexibility index (Phi) is 7.25. The van der Waals surface area contributed by atoms with E-state index in [0.29, 0.717) is 11.3 Å². The third-order valence-corrected chi connectivity index (χ3v) is 6.60. The summed E-state index contributed by atoms with van der Waals surface area (Å²) in [5, 5.41) is -0.0757. The molecule has 2 amide bonds. The van der Waals surface area contributed by atoms with Crippen molar-refractivity contribution < 1.29 is 22.7 Å². The molecule has 3 N–H and O–H groups in total. The van der Waals surface area contributed by atoms with Crippen LogP contribution in [0.2, 0.25) is 5.02 Å². The minimum atomic E-state index is -4.15. The lowest BCUT2D eigenvalue weighted by Gasteiger charge is -2.14. The number of anilines is 1. The lowest BCUT2D eigenvalue weighted by Crippen LogP contribution is -2.41. The van der Waals surface area contributed by atoms with E-state index >= 15 is 0 Å². The quantitative estimate of drug-likeness (QED) is 0.457. The van der Waals surface area contributed by atoms with Crippen molar-refractivity contribution in [1.82, 2.24) is 10.9 Å². The number of rotatable bonds is 6. The second-order valence-electron chi connectivity index (χ2n) is 7.18. The predicted octanol–water partition coefficient (Wildman–Crippen LogP) is 3.84. The molecule has 0 radical (unpaired) electrons.